The molecule has 5 heteroatoms. The highest BCUT2D eigenvalue weighted by atomic mass is 15.2. The molecule has 2 aromatic heterocycles. The van der Waals surface area contributed by atoms with Crippen LogP contribution in [0.4, 0.5) is 0 Å². The first-order chi connectivity index (χ1) is 13.2. The Balaban J connectivity index is 2.11. The van der Waals surface area contributed by atoms with E-state index in [1.165, 1.54) is 5.56 Å². The third-order valence-corrected chi connectivity index (χ3v) is 4.93. The third kappa shape index (κ3) is 4.72. The van der Waals surface area contributed by atoms with Crippen LogP contribution in [0.2, 0.25) is 0 Å². The van der Waals surface area contributed by atoms with Crippen LogP contribution in [0.25, 0.3) is 22.9 Å². The van der Waals surface area contributed by atoms with Crippen LogP contribution in [-0.2, 0) is 16.2 Å². The van der Waals surface area contributed by atoms with Crippen LogP contribution in [0, 0.1) is 0 Å². The van der Waals surface area contributed by atoms with Gasteiger partial charge in [0.2, 0.25) is 0 Å². The monoisotopic (exact) mass is 391 g/mol. The van der Waals surface area contributed by atoms with Crippen molar-refractivity contribution in [2.75, 3.05) is 0 Å². The minimum Gasteiger partial charge on any atom is -0.262 e. The van der Waals surface area contributed by atoms with Crippen molar-refractivity contribution >= 4 is 0 Å². The molecule has 3 aromatic rings. The minimum absolute atomic E-state index is 0.100. The molecule has 5 nitrogen and oxygen atoms in total. The molecule has 0 spiro atoms. The average molecular weight is 392 g/mol. The van der Waals surface area contributed by atoms with E-state index >= 15 is 0 Å². The van der Waals surface area contributed by atoms with Gasteiger partial charge >= 0.3 is 0 Å². The molecule has 0 atom stereocenters. The number of hydrogen-bond donors (Lipinski definition) is 1. The first kappa shape index (κ1) is 21.2. The maximum absolute atomic E-state index is 4.87. The van der Waals surface area contributed by atoms with Crippen molar-refractivity contribution < 1.29 is 0 Å². The summed E-state index contributed by atoms with van der Waals surface area (Å²) >= 11 is 0. The second-order valence-electron chi connectivity index (χ2n) is 10.8. The molecule has 2 heterocycles. The fourth-order valence-corrected chi connectivity index (χ4v) is 2.91. The lowest BCUT2D eigenvalue weighted by Gasteiger charge is -2.20. The van der Waals surface area contributed by atoms with Crippen molar-refractivity contribution in [2.24, 2.45) is 0 Å². The fourth-order valence-electron chi connectivity index (χ4n) is 2.91. The van der Waals surface area contributed by atoms with E-state index < -0.39 is 0 Å². The van der Waals surface area contributed by atoms with E-state index in [4.69, 9.17) is 15.0 Å². The summed E-state index contributed by atoms with van der Waals surface area (Å²) in [7, 11) is 0. The van der Waals surface area contributed by atoms with Gasteiger partial charge in [0.15, 0.2) is 11.6 Å². The Labute approximate surface area is 174 Å². The maximum atomic E-state index is 4.87. The summed E-state index contributed by atoms with van der Waals surface area (Å²) in [6.45, 7) is 19.4. The first-order valence-corrected chi connectivity index (χ1v) is 10.2. The summed E-state index contributed by atoms with van der Waals surface area (Å²) in [5, 5.41) is 7.50. The van der Waals surface area contributed by atoms with Crippen LogP contribution in [0.3, 0.4) is 0 Å². The largest absolute Gasteiger partial charge is 0.262 e. The Morgan fingerprint density at radius 3 is 1.76 bits per heavy atom. The van der Waals surface area contributed by atoms with Crippen molar-refractivity contribution in [1.29, 1.82) is 0 Å². The lowest BCUT2D eigenvalue weighted by molar-refractivity contribution is 0.548. The Bertz CT molecular complexity index is 993. The Kier molecular flexibility index (Phi) is 5.14. The predicted molar refractivity (Wildman–Crippen MR) is 119 cm³/mol. The third-order valence-electron chi connectivity index (χ3n) is 4.93. The van der Waals surface area contributed by atoms with E-state index in [1.54, 1.807) is 0 Å². The number of benzene rings is 1. The van der Waals surface area contributed by atoms with Gasteiger partial charge < -0.3 is 0 Å². The molecule has 0 aliphatic heterocycles. The van der Waals surface area contributed by atoms with Gasteiger partial charge in [0.05, 0.1) is 5.69 Å². The van der Waals surface area contributed by atoms with Crippen LogP contribution in [0.15, 0.2) is 30.3 Å². The number of nitrogens with one attached hydrogen (secondary N) is 1. The summed E-state index contributed by atoms with van der Waals surface area (Å²) in [5.74, 6) is 2.16. The Hall–Kier alpha value is -2.56. The molecule has 0 saturated heterocycles. The van der Waals surface area contributed by atoms with Crippen molar-refractivity contribution in [3.8, 4) is 22.9 Å². The second-order valence-corrected chi connectivity index (χ2v) is 10.8. The first-order valence-electron chi connectivity index (χ1n) is 10.2. The van der Waals surface area contributed by atoms with Crippen LogP contribution >= 0.6 is 0 Å². The molecule has 154 valence electrons. The molecule has 0 aliphatic rings. The molecule has 0 saturated carbocycles. The van der Waals surface area contributed by atoms with Gasteiger partial charge in [-0.1, -0.05) is 86.6 Å². The van der Waals surface area contributed by atoms with Gasteiger partial charge in [0.25, 0.3) is 0 Å². The molecule has 1 aromatic carbocycles. The Morgan fingerprint density at radius 1 is 0.655 bits per heavy atom. The molecule has 0 unspecified atom stereocenters. The quantitative estimate of drug-likeness (QED) is 0.597. The van der Waals surface area contributed by atoms with E-state index in [-0.39, 0.29) is 16.2 Å². The van der Waals surface area contributed by atoms with Crippen molar-refractivity contribution in [3.63, 3.8) is 0 Å². The SMILES string of the molecule is CC(C)(C)c1ccc(-c2nc(-c3n[nH]c(C(C)(C)C)n3)cc(C(C)(C)C)n2)cc1. The smallest absolute Gasteiger partial charge is 0.199 e. The molecule has 0 bridgehead atoms. The lowest BCUT2D eigenvalue weighted by atomic mass is 9.86. The molecular weight excluding hydrogens is 358 g/mol. The van der Waals surface area contributed by atoms with Gasteiger partial charge in [-0.15, -0.1) is 0 Å². The summed E-state index contributed by atoms with van der Waals surface area (Å²) in [6.07, 6.45) is 0. The minimum atomic E-state index is -0.110. The zero-order chi connectivity index (χ0) is 21.6. The van der Waals surface area contributed by atoms with E-state index in [0.29, 0.717) is 11.6 Å². The van der Waals surface area contributed by atoms with Crippen LogP contribution in [0.1, 0.15) is 79.4 Å². The van der Waals surface area contributed by atoms with E-state index in [1.807, 2.05) is 6.07 Å². The van der Waals surface area contributed by atoms with Gasteiger partial charge in [-0.3, -0.25) is 5.10 Å². The number of aromatic nitrogens is 5. The molecule has 3 rings (SSSR count). The van der Waals surface area contributed by atoms with Gasteiger partial charge in [-0.25, -0.2) is 15.0 Å². The fraction of sp³-hybridized carbons (Fsp3) is 0.500. The van der Waals surface area contributed by atoms with E-state index in [2.05, 4.69) is 96.8 Å². The average Bonchev–Trinajstić information content (AvgIpc) is 3.10. The van der Waals surface area contributed by atoms with Crippen molar-refractivity contribution in [3.05, 3.63) is 47.4 Å². The summed E-state index contributed by atoms with van der Waals surface area (Å²) in [5.41, 5.74) is 3.90. The maximum Gasteiger partial charge on any atom is 0.199 e. The molecule has 0 fully saturated rings. The van der Waals surface area contributed by atoms with Gasteiger partial charge in [0.1, 0.15) is 11.5 Å². The highest BCUT2D eigenvalue weighted by Crippen LogP contribution is 2.29. The zero-order valence-corrected chi connectivity index (χ0v) is 19.2. The lowest BCUT2D eigenvalue weighted by Crippen LogP contribution is -2.15. The highest BCUT2D eigenvalue weighted by Gasteiger charge is 2.23. The van der Waals surface area contributed by atoms with Gasteiger partial charge in [-0.05, 0) is 17.0 Å². The molecule has 0 aliphatic carbocycles. The molecule has 29 heavy (non-hydrogen) atoms. The van der Waals surface area contributed by atoms with Crippen LogP contribution in [0.5, 0.6) is 0 Å². The number of aromatic amines is 1. The summed E-state index contributed by atoms with van der Waals surface area (Å²) < 4.78 is 0. The van der Waals surface area contributed by atoms with Gasteiger partial charge in [-0.2, -0.15) is 5.10 Å². The number of rotatable bonds is 2. The van der Waals surface area contributed by atoms with Crippen molar-refractivity contribution in [2.45, 2.75) is 78.6 Å². The topological polar surface area (TPSA) is 67.3 Å². The second kappa shape index (κ2) is 7.05. The van der Waals surface area contributed by atoms with E-state index in [9.17, 15) is 0 Å². The van der Waals surface area contributed by atoms with Crippen molar-refractivity contribution in [1.82, 2.24) is 25.1 Å². The number of H-pyrrole nitrogens is 1. The van der Waals surface area contributed by atoms with Crippen LogP contribution in [-0.4, -0.2) is 25.1 Å². The Morgan fingerprint density at radius 2 is 1.28 bits per heavy atom. The van der Waals surface area contributed by atoms with Gasteiger partial charge in [0, 0.05) is 16.4 Å². The number of hydrogen-bond acceptors (Lipinski definition) is 4. The molecule has 1 N–H and O–H groups in total. The predicted octanol–water partition coefficient (Wildman–Crippen LogP) is 5.82. The number of nitrogens with zero attached hydrogens (tertiary/aromatic N) is 4. The molecule has 0 radical (unpaired) electrons. The van der Waals surface area contributed by atoms with E-state index in [0.717, 1.165) is 22.8 Å². The normalized spacial score (nSPS) is 13.0. The standard InChI is InChI=1S/C24H33N5/c1-22(2,3)16-12-10-15(11-13-16)19-25-17(14-18(26-19)23(4,5)6)20-27-21(29-28-20)24(7,8)9/h10-14H,1-9H3,(H,27,28,29). The molecule has 0 amide bonds. The highest BCUT2D eigenvalue weighted by molar-refractivity contribution is 5.61. The molecular formula is C24H33N5. The summed E-state index contributed by atoms with van der Waals surface area (Å²) in [6, 6.07) is 10.5. The van der Waals surface area contributed by atoms with Crippen LogP contribution < -0.4 is 0 Å². The zero-order valence-electron chi connectivity index (χ0n) is 19.2. The summed E-state index contributed by atoms with van der Waals surface area (Å²) in [4.78, 5) is 14.4.